The van der Waals surface area contributed by atoms with Crippen molar-refractivity contribution in [1.82, 2.24) is 9.47 Å². The summed E-state index contributed by atoms with van der Waals surface area (Å²) in [4.78, 5) is 2.46. The number of likely N-dealkylation sites (N-methyl/N-ethyl adjacent to an activating group) is 1. The van der Waals surface area contributed by atoms with Gasteiger partial charge in [0.15, 0.2) is 0 Å². The van der Waals surface area contributed by atoms with Gasteiger partial charge in [-0.3, -0.25) is 4.90 Å². The average molecular weight is 339 g/mol. The van der Waals surface area contributed by atoms with Crippen LogP contribution in [-0.4, -0.2) is 23.1 Å². The Bertz CT molecular complexity index is 863. The van der Waals surface area contributed by atoms with Crippen LogP contribution < -0.4 is 0 Å². The van der Waals surface area contributed by atoms with Gasteiger partial charge in [0.25, 0.3) is 0 Å². The molecule has 1 atom stereocenters. The number of halogens is 1. The zero-order valence-corrected chi connectivity index (χ0v) is 15.1. The lowest BCUT2D eigenvalue weighted by Gasteiger charge is -2.31. The Labute approximate surface area is 148 Å². The number of nitrogens with zero attached hydrogens (tertiary/aromatic N) is 2. The maximum absolute atomic E-state index is 6.00. The highest BCUT2D eigenvalue weighted by atomic mass is 35.5. The van der Waals surface area contributed by atoms with Crippen LogP contribution in [0.5, 0.6) is 0 Å². The Hall–Kier alpha value is -1.77. The molecule has 3 heteroatoms. The predicted molar refractivity (Wildman–Crippen MR) is 102 cm³/mol. The summed E-state index contributed by atoms with van der Waals surface area (Å²) in [5.41, 5.74) is 5.76. The van der Waals surface area contributed by atoms with Gasteiger partial charge in [-0.2, -0.15) is 0 Å². The Kier molecular flexibility index (Phi) is 4.11. The van der Waals surface area contributed by atoms with Gasteiger partial charge in [0.2, 0.25) is 0 Å². The molecule has 124 valence electrons. The van der Waals surface area contributed by atoms with Gasteiger partial charge in [-0.1, -0.05) is 41.9 Å². The molecule has 24 heavy (non-hydrogen) atoms. The lowest BCUT2D eigenvalue weighted by molar-refractivity contribution is 0.245. The van der Waals surface area contributed by atoms with E-state index >= 15 is 0 Å². The standard InChI is InChI=1S/C21H23ClN2/c1-15-21-18-5-3-4-6-19(18)24(20(21)12-13-23(15)2)14-11-16-7-9-17(22)10-8-16/h3-10,15H,11-14H2,1-2H3. The molecule has 0 fully saturated rings. The van der Waals surface area contributed by atoms with Crippen LogP contribution in [0, 0.1) is 0 Å². The first-order chi connectivity index (χ1) is 11.6. The van der Waals surface area contributed by atoms with E-state index in [9.17, 15) is 0 Å². The molecular formula is C21H23ClN2. The van der Waals surface area contributed by atoms with Gasteiger partial charge >= 0.3 is 0 Å². The summed E-state index contributed by atoms with van der Waals surface area (Å²) in [7, 11) is 2.23. The van der Waals surface area contributed by atoms with Gasteiger partial charge in [0.05, 0.1) is 0 Å². The summed E-state index contributed by atoms with van der Waals surface area (Å²) in [6.07, 6.45) is 2.16. The van der Waals surface area contributed by atoms with E-state index in [4.69, 9.17) is 11.6 Å². The number of para-hydroxylation sites is 1. The Morgan fingerprint density at radius 2 is 1.83 bits per heavy atom. The molecule has 0 amide bonds. The topological polar surface area (TPSA) is 8.17 Å². The van der Waals surface area contributed by atoms with Crippen LogP contribution in [0.3, 0.4) is 0 Å². The molecule has 1 aromatic heterocycles. The molecule has 0 saturated heterocycles. The minimum absolute atomic E-state index is 0.482. The highest BCUT2D eigenvalue weighted by Crippen LogP contribution is 2.37. The number of aromatic nitrogens is 1. The van der Waals surface area contributed by atoms with Crippen LogP contribution in [0.15, 0.2) is 48.5 Å². The molecule has 0 saturated carbocycles. The molecule has 2 heterocycles. The van der Waals surface area contributed by atoms with E-state index < -0.39 is 0 Å². The third-order valence-electron chi connectivity index (χ3n) is 5.44. The Morgan fingerprint density at radius 1 is 1.08 bits per heavy atom. The van der Waals surface area contributed by atoms with Crippen molar-refractivity contribution >= 4 is 22.5 Å². The number of hydrogen-bond acceptors (Lipinski definition) is 1. The summed E-state index contributed by atoms with van der Waals surface area (Å²) in [5, 5.41) is 2.22. The fourth-order valence-corrected chi connectivity index (χ4v) is 4.09. The van der Waals surface area contributed by atoms with Gasteiger partial charge in [-0.15, -0.1) is 0 Å². The smallest absolute Gasteiger partial charge is 0.0486 e. The van der Waals surface area contributed by atoms with Crippen molar-refractivity contribution in [1.29, 1.82) is 0 Å². The number of fused-ring (bicyclic) bond motifs is 3. The monoisotopic (exact) mass is 338 g/mol. The maximum Gasteiger partial charge on any atom is 0.0486 e. The Balaban J connectivity index is 1.74. The molecule has 2 aromatic carbocycles. The van der Waals surface area contributed by atoms with Crippen molar-refractivity contribution in [3.63, 3.8) is 0 Å². The molecule has 1 aliphatic rings. The SMILES string of the molecule is CC1c2c(n(CCc3ccc(Cl)cc3)c3ccccc23)CCN1C. The quantitative estimate of drug-likeness (QED) is 0.646. The van der Waals surface area contributed by atoms with Crippen molar-refractivity contribution < 1.29 is 0 Å². The molecular weight excluding hydrogens is 316 g/mol. The van der Waals surface area contributed by atoms with Crippen molar-refractivity contribution in [3.8, 4) is 0 Å². The van der Waals surface area contributed by atoms with Gasteiger partial charge < -0.3 is 4.57 Å². The molecule has 0 aliphatic carbocycles. The Morgan fingerprint density at radius 3 is 2.62 bits per heavy atom. The second-order valence-corrected chi connectivity index (χ2v) is 7.25. The molecule has 1 unspecified atom stereocenters. The van der Waals surface area contributed by atoms with Gasteiger partial charge in [0, 0.05) is 47.2 Å². The van der Waals surface area contributed by atoms with E-state index in [1.165, 1.54) is 27.7 Å². The fourth-order valence-electron chi connectivity index (χ4n) is 3.96. The molecule has 1 aliphatic heterocycles. The summed E-state index contributed by atoms with van der Waals surface area (Å²) in [6, 6.07) is 17.6. The predicted octanol–water partition coefficient (Wildman–Crippen LogP) is 5.09. The molecule has 0 bridgehead atoms. The van der Waals surface area contributed by atoms with E-state index in [1.54, 1.807) is 0 Å². The summed E-state index contributed by atoms with van der Waals surface area (Å²) in [6.45, 7) is 4.48. The molecule has 0 radical (unpaired) electrons. The highest BCUT2D eigenvalue weighted by molar-refractivity contribution is 6.30. The lowest BCUT2D eigenvalue weighted by Crippen LogP contribution is -2.31. The first-order valence-corrected chi connectivity index (χ1v) is 9.07. The first kappa shape index (κ1) is 15.7. The van der Waals surface area contributed by atoms with Crippen LogP contribution in [0.2, 0.25) is 5.02 Å². The van der Waals surface area contributed by atoms with Gasteiger partial charge in [-0.05, 0) is 49.7 Å². The zero-order chi connectivity index (χ0) is 16.7. The minimum atomic E-state index is 0.482. The van der Waals surface area contributed by atoms with Crippen molar-refractivity contribution in [2.45, 2.75) is 32.4 Å². The zero-order valence-electron chi connectivity index (χ0n) is 14.3. The number of hydrogen-bond donors (Lipinski definition) is 0. The maximum atomic E-state index is 6.00. The average Bonchev–Trinajstić information content (AvgIpc) is 2.92. The summed E-state index contributed by atoms with van der Waals surface area (Å²) < 4.78 is 2.54. The summed E-state index contributed by atoms with van der Waals surface area (Å²) >= 11 is 6.00. The number of rotatable bonds is 3. The van der Waals surface area contributed by atoms with Crippen LogP contribution in [0.25, 0.3) is 10.9 Å². The molecule has 4 rings (SSSR count). The van der Waals surface area contributed by atoms with E-state index in [1.807, 2.05) is 12.1 Å². The molecule has 0 N–H and O–H groups in total. The van der Waals surface area contributed by atoms with Crippen molar-refractivity contribution in [2.24, 2.45) is 0 Å². The van der Waals surface area contributed by atoms with Gasteiger partial charge in [-0.25, -0.2) is 0 Å². The van der Waals surface area contributed by atoms with Crippen LogP contribution in [-0.2, 0) is 19.4 Å². The van der Waals surface area contributed by atoms with Crippen LogP contribution >= 0.6 is 11.6 Å². The van der Waals surface area contributed by atoms with Crippen LogP contribution in [0.1, 0.15) is 29.8 Å². The van der Waals surface area contributed by atoms with Crippen molar-refractivity contribution in [3.05, 3.63) is 70.4 Å². The van der Waals surface area contributed by atoms with E-state index in [0.717, 1.165) is 31.0 Å². The third-order valence-corrected chi connectivity index (χ3v) is 5.69. The van der Waals surface area contributed by atoms with E-state index in [2.05, 4.69) is 59.8 Å². The van der Waals surface area contributed by atoms with Crippen molar-refractivity contribution in [2.75, 3.05) is 13.6 Å². The largest absolute Gasteiger partial charge is 0.344 e. The molecule has 2 nitrogen and oxygen atoms in total. The highest BCUT2D eigenvalue weighted by Gasteiger charge is 2.27. The second-order valence-electron chi connectivity index (χ2n) is 6.81. The fraction of sp³-hybridized carbons (Fsp3) is 0.333. The number of benzene rings is 2. The lowest BCUT2D eigenvalue weighted by atomic mass is 9.97. The first-order valence-electron chi connectivity index (χ1n) is 8.70. The molecule has 3 aromatic rings. The number of aryl methyl sites for hydroxylation is 2. The van der Waals surface area contributed by atoms with Crippen LogP contribution in [0.4, 0.5) is 0 Å². The second kappa shape index (κ2) is 6.27. The normalized spacial score (nSPS) is 18.0. The third kappa shape index (κ3) is 2.64. The summed E-state index contributed by atoms with van der Waals surface area (Å²) in [5.74, 6) is 0. The minimum Gasteiger partial charge on any atom is -0.344 e. The van der Waals surface area contributed by atoms with E-state index in [-0.39, 0.29) is 0 Å². The molecule has 0 spiro atoms. The van der Waals surface area contributed by atoms with E-state index in [0.29, 0.717) is 6.04 Å². The van der Waals surface area contributed by atoms with Gasteiger partial charge in [0.1, 0.15) is 0 Å².